The van der Waals surface area contributed by atoms with Gasteiger partial charge in [-0.1, -0.05) is 394 Å². The first-order valence-electron chi connectivity index (χ1n) is 47.8. The van der Waals surface area contributed by atoms with Gasteiger partial charge in [0.2, 0.25) is 5.95 Å². The highest BCUT2D eigenvalue weighted by atomic mass is 16.3. The second-order valence-electron chi connectivity index (χ2n) is 35.5. The summed E-state index contributed by atoms with van der Waals surface area (Å²) in [6.07, 6.45) is 0. The van der Waals surface area contributed by atoms with Gasteiger partial charge < -0.3 is 4.42 Å². The minimum atomic E-state index is 0.611. The highest BCUT2D eigenvalue weighted by molar-refractivity contribution is 6.26. The van der Waals surface area contributed by atoms with Crippen LogP contribution in [0.2, 0.25) is 0 Å². The summed E-state index contributed by atoms with van der Waals surface area (Å²) in [5, 5.41) is 20.9. The number of aryl methyl sites for hydroxylation is 6. The van der Waals surface area contributed by atoms with Crippen molar-refractivity contribution < 1.29 is 4.42 Å². The average Bonchev–Trinajstić information content (AvgIpc) is 1.33. The molecule has 0 atom stereocenters. The topological polar surface area (TPSA) is 147 Å². The van der Waals surface area contributed by atoms with Crippen molar-refractivity contribution in [3.05, 3.63) is 502 Å². The van der Waals surface area contributed by atoms with Crippen molar-refractivity contribution >= 4 is 130 Å². The van der Waals surface area contributed by atoms with Gasteiger partial charge in [-0.2, -0.15) is 9.97 Å². The first-order chi connectivity index (χ1) is 69.8. The zero-order valence-electron chi connectivity index (χ0n) is 79.3. The predicted molar refractivity (Wildman–Crippen MR) is 590 cm³/mol. The van der Waals surface area contributed by atoms with Gasteiger partial charge >= 0.3 is 0 Å². The average molecular weight is 1830 g/mol. The fourth-order valence-electron chi connectivity index (χ4n) is 19.2. The smallest absolute Gasteiger partial charge is 0.238 e. The molecule has 142 heavy (non-hydrogen) atoms. The van der Waals surface area contributed by atoms with Crippen LogP contribution in [0.5, 0.6) is 0 Å². The van der Waals surface area contributed by atoms with Crippen LogP contribution in [0.4, 0.5) is 0 Å². The second-order valence-corrected chi connectivity index (χ2v) is 35.5. The Labute approximate surface area is 822 Å². The molecule has 12 heteroatoms. The lowest BCUT2D eigenvalue weighted by Crippen LogP contribution is -2.06. The van der Waals surface area contributed by atoms with Crippen LogP contribution >= 0.6 is 0 Å². The number of pyridine rings is 2. The van der Waals surface area contributed by atoms with Crippen molar-refractivity contribution in [1.29, 1.82) is 0 Å². The van der Waals surface area contributed by atoms with Crippen molar-refractivity contribution in [3.63, 3.8) is 0 Å². The summed E-state index contributed by atoms with van der Waals surface area (Å²) in [6, 6.07) is 162. The van der Waals surface area contributed by atoms with Crippen LogP contribution < -0.4 is 0 Å². The molecule has 7 aromatic heterocycles. The lowest BCUT2D eigenvalue weighted by molar-refractivity contribution is 0.669. The number of nitrogens with zero attached hydrogens (tertiary/aromatic N) is 11. The molecule has 0 saturated heterocycles. The van der Waals surface area contributed by atoms with E-state index in [2.05, 4.69) is 399 Å². The highest BCUT2D eigenvalue weighted by Gasteiger charge is 2.20. The molecule has 0 aliphatic heterocycles. The minimum Gasteiger partial charge on any atom is -0.456 e. The standard InChI is InChI=1S/C28H18N4O.C27H18N2.C26H19N3.C22H17N.C17H14.C10H9N/c1-17-29-27(18-14-15-22-21-10-4-7-13-25(21)33-26(22)16-18)31-28(30-17)32-23-11-5-2-8-19(23)20-9-3-6-12-24(20)32;1-17-28-26-13-7-6-12-24(26)27(29-17)18-14-15-23-21-10-3-2-8-19(21)20-9-4-5-11-22(20)25(23)16-18;1-18-27-25(21-8-3-2-4-9-21)29-26(28-18)22-14-11-20(12-15-22)24-16-13-19-7-5-6-10-23(19)17-24;1-16-15-21(20-9-5-6-10-22(20)23-16)19-13-11-18(12-14-19)17-7-3-2-4-8-17;1-13-11-15-9-5-6-10-16(15)17(12-13)14-7-3-2-4-8-14;1-8-6-7-9-4-2-3-5-10(9)11-8/h2-16H,1H3;2-16H,1H3;2-17H,1H3;2-15H,1H3;2-12H,1H3;2-7H,1H3. The Hall–Kier alpha value is -18.5. The molecule has 0 bridgehead atoms. The maximum atomic E-state index is 6.09. The van der Waals surface area contributed by atoms with Crippen molar-refractivity contribution in [2.24, 2.45) is 0 Å². The van der Waals surface area contributed by atoms with E-state index in [4.69, 9.17) is 24.4 Å². The molecule has 27 aromatic rings. The van der Waals surface area contributed by atoms with Crippen molar-refractivity contribution in [2.45, 2.75) is 41.5 Å². The third-order valence-electron chi connectivity index (χ3n) is 25.9. The molecule has 0 aliphatic rings. The SMILES string of the molecule is Cc1cc(-c2ccc(-c3ccccc3)cc2)c2ccccc2n1.Cc1cc(-c2ccccc2)c2ccccc2c1.Cc1ccc2ccccc2n1.Cc1nc(-c2ccc3c(c2)oc2ccccc23)nc(-n2c3ccccc3c3ccccc32)n1.Cc1nc(-c2ccc3c4ccccc4c4ccccc4c3c2)c2ccccc2n1.Cc1nc(-c2ccccc2)nc(-c2ccc(-c3ccc4ccccc4c3)cc2)n1. The highest BCUT2D eigenvalue weighted by Crippen LogP contribution is 2.41. The molecule has 676 valence electrons. The third-order valence-corrected chi connectivity index (χ3v) is 25.9. The molecule has 0 unspecified atom stereocenters. The number of benzene rings is 20. The van der Waals surface area contributed by atoms with E-state index in [0.29, 0.717) is 35.1 Å². The van der Waals surface area contributed by atoms with Crippen LogP contribution in [-0.2, 0) is 0 Å². The van der Waals surface area contributed by atoms with E-state index in [1.165, 1.54) is 125 Å². The molecule has 7 heterocycles. The number of aromatic nitrogens is 11. The second kappa shape index (κ2) is 39.7. The monoisotopic (exact) mass is 1830 g/mol. The Morgan fingerprint density at radius 2 is 0.585 bits per heavy atom. The summed E-state index contributed by atoms with van der Waals surface area (Å²) in [5.74, 6) is 4.81. The van der Waals surface area contributed by atoms with Gasteiger partial charge in [0, 0.05) is 71.3 Å². The van der Waals surface area contributed by atoms with E-state index in [1.54, 1.807) is 0 Å². The summed E-state index contributed by atoms with van der Waals surface area (Å²) >= 11 is 0. The Balaban J connectivity index is 0.000000100. The van der Waals surface area contributed by atoms with Gasteiger partial charge in [0.25, 0.3) is 0 Å². The zero-order chi connectivity index (χ0) is 95.9. The first kappa shape index (κ1) is 88.7. The van der Waals surface area contributed by atoms with Crippen LogP contribution in [0.1, 0.15) is 34.4 Å². The number of hydrogen-bond acceptors (Lipinski definition) is 11. The van der Waals surface area contributed by atoms with E-state index in [0.717, 1.165) is 100 Å². The van der Waals surface area contributed by atoms with Crippen molar-refractivity contribution in [1.82, 2.24) is 54.4 Å². The Kier molecular flexibility index (Phi) is 24.8. The van der Waals surface area contributed by atoms with Crippen LogP contribution in [0.15, 0.2) is 472 Å². The largest absolute Gasteiger partial charge is 0.456 e. The Morgan fingerprint density at radius 3 is 1.24 bits per heavy atom. The summed E-state index contributed by atoms with van der Waals surface area (Å²) in [6.45, 7) is 12.0. The maximum absolute atomic E-state index is 6.09. The molecule has 0 aliphatic carbocycles. The Bertz CT molecular complexity index is 9290. The summed E-state index contributed by atoms with van der Waals surface area (Å²) in [7, 11) is 0. The number of rotatable bonds is 9. The Morgan fingerprint density at radius 1 is 0.183 bits per heavy atom. The molecule has 0 radical (unpaired) electrons. The fourth-order valence-corrected chi connectivity index (χ4v) is 19.2. The van der Waals surface area contributed by atoms with E-state index in [9.17, 15) is 0 Å². The van der Waals surface area contributed by atoms with E-state index < -0.39 is 0 Å². The summed E-state index contributed by atoms with van der Waals surface area (Å²) in [4.78, 5) is 46.4. The molecular formula is C130H95N11O. The molecule has 12 nitrogen and oxygen atoms in total. The maximum Gasteiger partial charge on any atom is 0.238 e. The molecule has 0 saturated carbocycles. The molecule has 27 rings (SSSR count). The normalized spacial score (nSPS) is 11.2. The van der Waals surface area contributed by atoms with Crippen LogP contribution in [-0.4, -0.2) is 54.4 Å². The van der Waals surface area contributed by atoms with E-state index >= 15 is 0 Å². The minimum absolute atomic E-state index is 0.611. The van der Waals surface area contributed by atoms with Crippen LogP contribution in [0, 0.1) is 41.5 Å². The van der Waals surface area contributed by atoms with Gasteiger partial charge in [-0.05, 0) is 218 Å². The van der Waals surface area contributed by atoms with Gasteiger partial charge in [0.1, 0.15) is 28.6 Å². The number of fused-ring (bicyclic) bond motifs is 17. The molecule has 0 amide bonds. The van der Waals surface area contributed by atoms with Gasteiger partial charge in [-0.25, -0.2) is 29.9 Å². The lowest BCUT2D eigenvalue weighted by atomic mass is 9.92. The third kappa shape index (κ3) is 18.7. The van der Waals surface area contributed by atoms with Gasteiger partial charge in [0.15, 0.2) is 17.5 Å². The number of para-hydroxylation sites is 6. The summed E-state index contributed by atoms with van der Waals surface area (Å²) < 4.78 is 8.20. The molecule has 0 fully saturated rings. The van der Waals surface area contributed by atoms with Crippen LogP contribution in [0.25, 0.3) is 226 Å². The van der Waals surface area contributed by atoms with Gasteiger partial charge in [0.05, 0.1) is 33.3 Å². The van der Waals surface area contributed by atoms with E-state index in [1.807, 2.05) is 144 Å². The van der Waals surface area contributed by atoms with Crippen LogP contribution in [0.3, 0.4) is 0 Å². The molecule has 0 spiro atoms. The molecule has 0 N–H and O–H groups in total. The fraction of sp³-hybridized carbons (Fsp3) is 0.0462. The zero-order valence-corrected chi connectivity index (χ0v) is 79.3. The predicted octanol–water partition coefficient (Wildman–Crippen LogP) is 33.5. The number of hydrogen-bond donors (Lipinski definition) is 0. The first-order valence-corrected chi connectivity index (χ1v) is 47.8. The van der Waals surface area contributed by atoms with Crippen molar-refractivity contribution in [2.75, 3.05) is 0 Å². The molecular weight excluding hydrogens is 1730 g/mol. The summed E-state index contributed by atoms with van der Waals surface area (Å²) in [5.41, 5.74) is 25.3. The van der Waals surface area contributed by atoms with E-state index in [-0.39, 0.29) is 0 Å². The lowest BCUT2D eigenvalue weighted by Gasteiger charge is -2.12. The van der Waals surface area contributed by atoms with Crippen molar-refractivity contribution in [3.8, 4) is 95.9 Å². The number of furan rings is 1. The quantitative estimate of drug-likeness (QED) is 0.127. The van der Waals surface area contributed by atoms with Gasteiger partial charge in [-0.3, -0.25) is 14.5 Å². The van der Waals surface area contributed by atoms with Gasteiger partial charge in [-0.15, -0.1) is 0 Å². The molecule has 20 aromatic carbocycles.